The Morgan fingerprint density at radius 2 is 2.03 bits per heavy atom. The van der Waals surface area contributed by atoms with E-state index in [9.17, 15) is 9.59 Å². The molecule has 0 spiro atoms. The van der Waals surface area contributed by atoms with Gasteiger partial charge in [0.1, 0.15) is 6.33 Å². The van der Waals surface area contributed by atoms with Crippen molar-refractivity contribution in [2.24, 2.45) is 0 Å². The highest BCUT2D eigenvalue weighted by Crippen LogP contribution is 2.22. The summed E-state index contributed by atoms with van der Waals surface area (Å²) < 4.78 is 7.20. The summed E-state index contributed by atoms with van der Waals surface area (Å²) in [6, 6.07) is 10.7. The number of aromatic nitrogens is 3. The second-order valence-electron chi connectivity index (χ2n) is 7.01. The summed E-state index contributed by atoms with van der Waals surface area (Å²) in [5.74, 6) is 0.684. The molecule has 9 nitrogen and oxygen atoms in total. The molecule has 1 aromatic carbocycles. The number of rotatable bonds is 6. The smallest absolute Gasteiger partial charge is 0.347 e. The Morgan fingerprint density at radius 1 is 1.22 bits per heavy atom. The molecule has 162 valence electrons. The lowest BCUT2D eigenvalue weighted by Gasteiger charge is -2.31. The zero-order valence-electron chi connectivity index (χ0n) is 17.7. The van der Waals surface area contributed by atoms with Crippen LogP contribution in [-0.4, -0.2) is 45.1 Å². The lowest BCUT2D eigenvalue weighted by molar-refractivity contribution is -0.119. The molecule has 2 aromatic heterocycles. The van der Waals surface area contributed by atoms with E-state index >= 15 is 0 Å². The number of nitrogens with one attached hydrogen (secondary N) is 1. The molecule has 0 fully saturated rings. The lowest BCUT2D eigenvalue weighted by atomic mass is 10.2. The number of imidazole rings is 1. The van der Waals surface area contributed by atoms with E-state index in [2.05, 4.69) is 15.4 Å². The molecule has 0 saturated heterocycles. The Morgan fingerprint density at radius 3 is 2.75 bits per heavy atom. The minimum atomic E-state index is -0.453. The summed E-state index contributed by atoms with van der Waals surface area (Å²) in [6.07, 6.45) is 11.4. The van der Waals surface area contributed by atoms with Gasteiger partial charge in [-0.25, -0.2) is 19.8 Å². The van der Waals surface area contributed by atoms with Gasteiger partial charge in [0, 0.05) is 36.9 Å². The van der Waals surface area contributed by atoms with Crippen molar-refractivity contribution in [1.29, 1.82) is 0 Å². The van der Waals surface area contributed by atoms with Gasteiger partial charge in [0.25, 0.3) is 5.91 Å². The number of hydrogen-bond donors (Lipinski definition) is 1. The monoisotopic (exact) mass is 430 g/mol. The first-order chi connectivity index (χ1) is 15.5. The fraction of sp³-hybridized carbons (Fsp3) is 0.130. The molecule has 1 aliphatic heterocycles. The van der Waals surface area contributed by atoms with Crippen molar-refractivity contribution < 1.29 is 14.3 Å². The van der Waals surface area contributed by atoms with Crippen molar-refractivity contribution in [3.63, 3.8) is 0 Å². The van der Waals surface area contributed by atoms with Crippen LogP contribution in [0.25, 0.3) is 11.9 Å². The van der Waals surface area contributed by atoms with Crippen molar-refractivity contribution in [1.82, 2.24) is 25.0 Å². The highest BCUT2D eigenvalue weighted by atomic mass is 16.5. The number of anilines is 1. The summed E-state index contributed by atoms with van der Waals surface area (Å²) in [5.41, 5.74) is 4.86. The van der Waals surface area contributed by atoms with Crippen LogP contribution in [0.1, 0.15) is 11.3 Å². The number of benzene rings is 1. The number of nitrogens with zero attached hydrogens (tertiary/aromatic N) is 5. The largest absolute Gasteiger partial charge is 0.493 e. The van der Waals surface area contributed by atoms with Crippen LogP contribution >= 0.6 is 0 Å². The molecule has 1 aliphatic rings. The molecule has 3 aromatic rings. The first-order valence-electron chi connectivity index (χ1n) is 9.91. The van der Waals surface area contributed by atoms with E-state index in [-0.39, 0.29) is 6.03 Å². The second-order valence-corrected chi connectivity index (χ2v) is 7.01. The first-order valence-corrected chi connectivity index (χ1v) is 9.91. The zero-order valence-corrected chi connectivity index (χ0v) is 17.7. The van der Waals surface area contributed by atoms with Crippen LogP contribution in [0, 0.1) is 6.92 Å². The number of carbonyl (C=O) groups is 2. The fourth-order valence-electron chi connectivity index (χ4n) is 3.19. The number of carbonyl (C=O) groups excluding carboxylic acids is 2. The molecule has 3 heterocycles. The molecule has 32 heavy (non-hydrogen) atoms. The molecule has 9 heteroatoms. The third kappa shape index (κ3) is 4.51. The number of urea groups is 1. The standard InChI is InChI=1S/C23H22N6O3/c1-17-15-27(16-25-17)22-20(32-2)13-18(14-24-22)9-10-21(30)26-29-12-6-11-28(23(29)31)19-7-4-3-5-8-19/h3-10,12-16H,11H2,1-2H3,(H,26,30). The van der Waals surface area contributed by atoms with E-state index in [4.69, 9.17) is 4.74 Å². The van der Waals surface area contributed by atoms with Crippen molar-refractivity contribution in [2.75, 3.05) is 18.6 Å². The molecular weight excluding hydrogens is 408 g/mol. The zero-order chi connectivity index (χ0) is 22.5. The molecule has 0 radical (unpaired) electrons. The van der Waals surface area contributed by atoms with Gasteiger partial charge < -0.3 is 4.74 Å². The predicted molar refractivity (Wildman–Crippen MR) is 120 cm³/mol. The summed E-state index contributed by atoms with van der Waals surface area (Å²) in [6.45, 7) is 2.32. The molecule has 0 unspecified atom stereocenters. The molecule has 0 saturated carbocycles. The van der Waals surface area contributed by atoms with Gasteiger partial charge in [-0.3, -0.25) is 19.7 Å². The number of amides is 3. The van der Waals surface area contributed by atoms with Gasteiger partial charge in [-0.1, -0.05) is 18.2 Å². The van der Waals surface area contributed by atoms with E-state index in [1.165, 1.54) is 6.08 Å². The maximum Gasteiger partial charge on any atom is 0.347 e. The maximum absolute atomic E-state index is 12.7. The lowest BCUT2D eigenvalue weighted by Crippen LogP contribution is -2.51. The van der Waals surface area contributed by atoms with Crippen molar-refractivity contribution in [3.8, 4) is 11.6 Å². The van der Waals surface area contributed by atoms with Gasteiger partial charge in [-0.05, 0) is 42.8 Å². The highest BCUT2D eigenvalue weighted by Gasteiger charge is 2.24. The van der Waals surface area contributed by atoms with E-state index < -0.39 is 5.91 Å². The predicted octanol–water partition coefficient (Wildman–Crippen LogP) is 3.08. The highest BCUT2D eigenvalue weighted by molar-refractivity contribution is 5.97. The Kier molecular flexibility index (Phi) is 5.98. The van der Waals surface area contributed by atoms with Crippen LogP contribution in [0.2, 0.25) is 0 Å². The molecule has 4 rings (SSSR count). The van der Waals surface area contributed by atoms with Crippen molar-refractivity contribution >= 4 is 23.7 Å². The molecule has 3 amide bonds. The van der Waals surface area contributed by atoms with Gasteiger partial charge in [-0.2, -0.15) is 0 Å². The Balaban J connectivity index is 1.44. The SMILES string of the molecule is COc1cc(C=CC(=O)NN2C=CCN(c3ccccc3)C2=O)cnc1-n1cnc(C)c1. The number of para-hydroxylation sites is 1. The number of hydrogen-bond acceptors (Lipinski definition) is 5. The van der Waals surface area contributed by atoms with Crippen LogP contribution in [0.3, 0.4) is 0 Å². The summed E-state index contributed by atoms with van der Waals surface area (Å²) >= 11 is 0. The first kappa shape index (κ1) is 20.9. The Hall–Kier alpha value is -4.40. The Bertz CT molecular complexity index is 1190. The third-order valence-electron chi connectivity index (χ3n) is 4.74. The number of ether oxygens (including phenoxy) is 1. The maximum atomic E-state index is 12.7. The molecule has 0 atom stereocenters. The van der Waals surface area contributed by atoms with Gasteiger partial charge in [0.2, 0.25) is 0 Å². The van der Waals surface area contributed by atoms with Crippen LogP contribution in [-0.2, 0) is 4.79 Å². The fourth-order valence-corrected chi connectivity index (χ4v) is 3.19. The molecular formula is C23H22N6O3. The van der Waals surface area contributed by atoms with Gasteiger partial charge in [0.05, 0.1) is 12.8 Å². The molecule has 0 aliphatic carbocycles. The van der Waals surface area contributed by atoms with Gasteiger partial charge in [-0.15, -0.1) is 0 Å². The van der Waals surface area contributed by atoms with E-state index in [1.54, 1.807) is 53.5 Å². The summed E-state index contributed by atoms with van der Waals surface area (Å²) in [7, 11) is 1.55. The molecule has 0 bridgehead atoms. The number of aryl methyl sites for hydroxylation is 1. The van der Waals surface area contributed by atoms with Crippen LogP contribution in [0.4, 0.5) is 10.5 Å². The van der Waals surface area contributed by atoms with E-state index in [1.807, 2.05) is 43.5 Å². The van der Waals surface area contributed by atoms with Crippen LogP contribution < -0.4 is 15.1 Å². The van der Waals surface area contributed by atoms with Crippen molar-refractivity contribution in [3.05, 3.63) is 84.7 Å². The second kappa shape index (κ2) is 9.17. The third-order valence-corrected chi connectivity index (χ3v) is 4.74. The van der Waals surface area contributed by atoms with Crippen LogP contribution in [0.15, 0.2) is 73.5 Å². The van der Waals surface area contributed by atoms with Crippen LogP contribution in [0.5, 0.6) is 5.75 Å². The minimum absolute atomic E-state index is 0.344. The van der Waals surface area contributed by atoms with E-state index in [0.29, 0.717) is 23.7 Å². The number of hydrazine groups is 1. The average molecular weight is 430 g/mol. The Labute approximate surface area is 185 Å². The van der Waals surface area contributed by atoms with Crippen molar-refractivity contribution in [2.45, 2.75) is 6.92 Å². The van der Waals surface area contributed by atoms with Gasteiger partial charge in [0.15, 0.2) is 11.6 Å². The number of pyridine rings is 1. The average Bonchev–Trinajstić information content (AvgIpc) is 3.25. The quantitative estimate of drug-likeness (QED) is 0.607. The number of methoxy groups -OCH3 is 1. The minimum Gasteiger partial charge on any atom is -0.493 e. The molecule has 1 N–H and O–H groups in total. The summed E-state index contributed by atoms with van der Waals surface area (Å²) in [4.78, 5) is 35.3. The topological polar surface area (TPSA) is 92.6 Å². The van der Waals surface area contributed by atoms with Gasteiger partial charge >= 0.3 is 6.03 Å². The summed E-state index contributed by atoms with van der Waals surface area (Å²) in [5, 5.41) is 1.16. The normalized spacial score (nSPS) is 13.6. The van der Waals surface area contributed by atoms with E-state index in [0.717, 1.165) is 16.4 Å².